The fraction of sp³-hybridized carbons (Fsp3) is 0.136. The Bertz CT molecular complexity index is 1080. The van der Waals surface area contributed by atoms with Gasteiger partial charge < -0.3 is 10.6 Å². The zero-order valence-electron chi connectivity index (χ0n) is 16.2. The molecule has 0 heterocycles. The molecule has 0 aliphatic rings. The molecule has 0 aliphatic carbocycles. The highest BCUT2D eigenvalue weighted by molar-refractivity contribution is 7.89. The van der Waals surface area contributed by atoms with Crippen molar-refractivity contribution in [2.24, 2.45) is 0 Å². The Morgan fingerprint density at radius 2 is 1.45 bits per heavy atom. The van der Waals surface area contributed by atoms with E-state index in [4.69, 9.17) is 0 Å². The Kier molecular flexibility index (Phi) is 6.31. The molecule has 1 atom stereocenters. The van der Waals surface area contributed by atoms with Gasteiger partial charge in [0.15, 0.2) is 0 Å². The summed E-state index contributed by atoms with van der Waals surface area (Å²) < 4.78 is 27.3. The fourth-order valence-electron chi connectivity index (χ4n) is 2.69. The molecule has 0 radical (unpaired) electrons. The first-order valence-electron chi connectivity index (χ1n) is 9.15. The maximum absolute atomic E-state index is 12.5. The minimum atomic E-state index is -3.79. The molecule has 6 nitrogen and oxygen atoms in total. The third-order valence-corrected chi connectivity index (χ3v) is 5.81. The highest BCUT2D eigenvalue weighted by Crippen LogP contribution is 2.20. The molecule has 0 spiro atoms. The normalized spacial score (nSPS) is 12.2. The van der Waals surface area contributed by atoms with E-state index in [9.17, 15) is 13.2 Å². The van der Waals surface area contributed by atoms with Crippen LogP contribution in [0.2, 0.25) is 0 Å². The average molecular weight is 410 g/mol. The van der Waals surface area contributed by atoms with Crippen LogP contribution in [-0.2, 0) is 14.8 Å². The van der Waals surface area contributed by atoms with E-state index in [0.717, 1.165) is 16.9 Å². The number of hydrogen-bond donors (Lipinski definition) is 3. The van der Waals surface area contributed by atoms with Crippen molar-refractivity contribution < 1.29 is 13.2 Å². The second-order valence-corrected chi connectivity index (χ2v) is 8.43. The Balaban J connectivity index is 1.65. The lowest BCUT2D eigenvalue weighted by Gasteiger charge is -2.15. The number of aryl methyl sites for hydroxylation is 1. The van der Waals surface area contributed by atoms with Gasteiger partial charge in [-0.25, -0.2) is 8.42 Å². The van der Waals surface area contributed by atoms with Gasteiger partial charge in [0.25, 0.3) is 0 Å². The van der Waals surface area contributed by atoms with Crippen molar-refractivity contribution in [2.75, 3.05) is 10.6 Å². The first-order chi connectivity index (χ1) is 13.8. The number of anilines is 3. The van der Waals surface area contributed by atoms with Crippen LogP contribution in [-0.4, -0.2) is 20.4 Å². The number of amides is 1. The van der Waals surface area contributed by atoms with Gasteiger partial charge in [-0.2, -0.15) is 4.72 Å². The van der Waals surface area contributed by atoms with E-state index in [1.54, 1.807) is 24.3 Å². The number of nitrogens with one attached hydrogen (secondary N) is 3. The van der Waals surface area contributed by atoms with Crippen molar-refractivity contribution in [3.05, 3.63) is 84.4 Å². The van der Waals surface area contributed by atoms with Crippen molar-refractivity contribution in [3.63, 3.8) is 0 Å². The molecule has 0 fully saturated rings. The quantitative estimate of drug-likeness (QED) is 0.549. The van der Waals surface area contributed by atoms with E-state index in [2.05, 4.69) is 15.4 Å². The summed E-state index contributed by atoms with van der Waals surface area (Å²) in [4.78, 5) is 12.6. The van der Waals surface area contributed by atoms with Crippen molar-refractivity contribution in [1.29, 1.82) is 0 Å². The van der Waals surface area contributed by atoms with E-state index in [0.29, 0.717) is 5.69 Å². The number of sulfonamides is 1. The summed E-state index contributed by atoms with van der Waals surface area (Å²) in [5, 5.41) is 5.99. The molecule has 0 aromatic heterocycles. The Labute approximate surface area is 171 Å². The molecule has 0 bridgehead atoms. The first-order valence-corrected chi connectivity index (χ1v) is 10.6. The molecule has 3 rings (SSSR count). The predicted octanol–water partition coefficient (Wildman–Crippen LogP) is 4.04. The Morgan fingerprint density at radius 3 is 2.14 bits per heavy atom. The predicted molar refractivity (Wildman–Crippen MR) is 116 cm³/mol. The van der Waals surface area contributed by atoms with E-state index < -0.39 is 22.0 Å². The maximum Gasteiger partial charge on any atom is 0.242 e. The molecule has 0 aliphatic heterocycles. The standard InChI is InChI=1S/C22H23N3O3S/c1-16-11-13-21(14-12-16)29(27,28)25-17(2)22(26)24-20-10-6-9-19(15-20)23-18-7-4-3-5-8-18/h3-15,17,23,25H,1-2H3,(H,24,26)/t17-/m0/s1. The van der Waals surface area contributed by atoms with Crippen LogP contribution in [0.4, 0.5) is 17.1 Å². The van der Waals surface area contributed by atoms with E-state index in [1.807, 2.05) is 49.4 Å². The van der Waals surface area contributed by atoms with Gasteiger partial charge in [-0.15, -0.1) is 0 Å². The topological polar surface area (TPSA) is 87.3 Å². The zero-order chi connectivity index (χ0) is 20.9. The van der Waals surface area contributed by atoms with Crippen LogP contribution in [0.15, 0.2) is 83.8 Å². The minimum absolute atomic E-state index is 0.122. The molecular formula is C22H23N3O3S. The summed E-state index contributed by atoms with van der Waals surface area (Å²) in [7, 11) is -3.79. The second-order valence-electron chi connectivity index (χ2n) is 6.72. The van der Waals surface area contributed by atoms with Gasteiger partial charge in [-0.3, -0.25) is 4.79 Å². The SMILES string of the molecule is Cc1ccc(S(=O)(=O)N[C@@H](C)C(=O)Nc2cccc(Nc3ccccc3)c2)cc1. The molecule has 150 valence electrons. The summed E-state index contributed by atoms with van der Waals surface area (Å²) in [5.74, 6) is -0.447. The highest BCUT2D eigenvalue weighted by Gasteiger charge is 2.22. The summed E-state index contributed by atoms with van der Waals surface area (Å²) in [6, 6.07) is 22.4. The number of para-hydroxylation sites is 1. The molecule has 1 amide bonds. The first kappa shape index (κ1) is 20.6. The zero-order valence-corrected chi connectivity index (χ0v) is 17.0. The van der Waals surface area contributed by atoms with Crippen molar-refractivity contribution in [2.45, 2.75) is 24.8 Å². The Hall–Kier alpha value is -3.16. The van der Waals surface area contributed by atoms with E-state index in [1.165, 1.54) is 19.1 Å². The van der Waals surface area contributed by atoms with Gasteiger partial charge >= 0.3 is 0 Å². The van der Waals surface area contributed by atoms with Gasteiger partial charge in [0.2, 0.25) is 15.9 Å². The van der Waals surface area contributed by atoms with Crippen LogP contribution < -0.4 is 15.4 Å². The summed E-state index contributed by atoms with van der Waals surface area (Å²) in [6.07, 6.45) is 0. The van der Waals surface area contributed by atoms with Crippen LogP contribution in [0.3, 0.4) is 0 Å². The highest BCUT2D eigenvalue weighted by atomic mass is 32.2. The molecule has 0 unspecified atom stereocenters. The van der Waals surface area contributed by atoms with Gasteiger partial charge in [0.05, 0.1) is 10.9 Å². The van der Waals surface area contributed by atoms with E-state index >= 15 is 0 Å². The smallest absolute Gasteiger partial charge is 0.242 e. The number of hydrogen-bond acceptors (Lipinski definition) is 4. The van der Waals surface area contributed by atoms with Crippen molar-refractivity contribution in [1.82, 2.24) is 4.72 Å². The van der Waals surface area contributed by atoms with Gasteiger partial charge in [-0.1, -0.05) is 42.0 Å². The lowest BCUT2D eigenvalue weighted by Crippen LogP contribution is -2.41. The fourth-order valence-corrected chi connectivity index (χ4v) is 3.89. The number of carbonyl (C=O) groups excluding carboxylic acids is 1. The van der Waals surface area contributed by atoms with Crippen LogP contribution in [0, 0.1) is 6.92 Å². The van der Waals surface area contributed by atoms with Crippen molar-refractivity contribution in [3.8, 4) is 0 Å². The molecule has 0 saturated heterocycles. The molecular weight excluding hydrogens is 386 g/mol. The molecule has 7 heteroatoms. The molecule has 3 N–H and O–H groups in total. The third-order valence-electron chi connectivity index (χ3n) is 4.25. The number of rotatable bonds is 7. The van der Waals surface area contributed by atoms with Gasteiger partial charge in [-0.05, 0) is 56.3 Å². The van der Waals surface area contributed by atoms with Crippen LogP contribution in [0.5, 0.6) is 0 Å². The summed E-state index contributed by atoms with van der Waals surface area (Å²) in [6.45, 7) is 3.38. The third kappa shape index (κ3) is 5.66. The summed E-state index contributed by atoms with van der Waals surface area (Å²) in [5.41, 5.74) is 3.26. The lowest BCUT2D eigenvalue weighted by atomic mass is 10.2. The summed E-state index contributed by atoms with van der Waals surface area (Å²) >= 11 is 0. The molecule has 3 aromatic rings. The number of carbonyl (C=O) groups is 1. The largest absolute Gasteiger partial charge is 0.355 e. The van der Waals surface area contributed by atoms with Crippen LogP contribution in [0.25, 0.3) is 0 Å². The molecule has 0 saturated carbocycles. The molecule has 29 heavy (non-hydrogen) atoms. The minimum Gasteiger partial charge on any atom is -0.355 e. The Morgan fingerprint density at radius 1 is 0.828 bits per heavy atom. The van der Waals surface area contributed by atoms with Crippen LogP contribution >= 0.6 is 0 Å². The van der Waals surface area contributed by atoms with Gasteiger partial charge in [0, 0.05) is 17.1 Å². The monoisotopic (exact) mass is 409 g/mol. The van der Waals surface area contributed by atoms with E-state index in [-0.39, 0.29) is 4.90 Å². The average Bonchev–Trinajstić information content (AvgIpc) is 2.69. The van der Waals surface area contributed by atoms with Crippen LogP contribution in [0.1, 0.15) is 12.5 Å². The van der Waals surface area contributed by atoms with Gasteiger partial charge in [0.1, 0.15) is 0 Å². The maximum atomic E-state index is 12.5. The lowest BCUT2D eigenvalue weighted by molar-refractivity contribution is -0.117. The van der Waals surface area contributed by atoms with Crippen molar-refractivity contribution >= 4 is 33.0 Å². The second kappa shape index (κ2) is 8.89. The molecule has 3 aromatic carbocycles. The number of benzene rings is 3.